The minimum absolute atomic E-state index is 0.149. The van der Waals surface area contributed by atoms with Crippen molar-refractivity contribution in [3.63, 3.8) is 0 Å². The van der Waals surface area contributed by atoms with Gasteiger partial charge in [0.05, 0.1) is 28.8 Å². The van der Waals surface area contributed by atoms with Crippen molar-refractivity contribution >= 4 is 27.7 Å². The van der Waals surface area contributed by atoms with Crippen LogP contribution in [0.2, 0.25) is 0 Å². The quantitative estimate of drug-likeness (QED) is 0.417. The van der Waals surface area contributed by atoms with E-state index in [0.29, 0.717) is 17.3 Å². The Hall–Kier alpha value is -4.26. The van der Waals surface area contributed by atoms with Gasteiger partial charge in [-0.1, -0.05) is 54.6 Å². The summed E-state index contributed by atoms with van der Waals surface area (Å²) in [7, 11) is 0. The first-order valence-corrected chi connectivity index (χ1v) is 11.3. The topological polar surface area (TPSA) is 81.8 Å². The number of fused-ring (bicyclic) bond motifs is 2. The third-order valence-corrected chi connectivity index (χ3v) is 5.89. The smallest absolute Gasteiger partial charge is 0.274 e. The van der Waals surface area contributed by atoms with Gasteiger partial charge in [0.25, 0.3) is 11.5 Å². The number of nitrogens with zero attached hydrogens (tertiary/aromatic N) is 4. The molecule has 2 heterocycles. The largest absolute Gasteiger partial charge is 0.347 e. The number of imidazole rings is 1. The molecule has 0 aliphatic heterocycles. The lowest BCUT2D eigenvalue weighted by Crippen LogP contribution is -2.31. The lowest BCUT2D eigenvalue weighted by Gasteiger charge is -2.13. The Kier molecular flexibility index (Phi) is 5.67. The molecule has 0 saturated heterocycles. The number of hydrogen-bond donors (Lipinski definition) is 1. The van der Waals surface area contributed by atoms with Crippen molar-refractivity contribution in [2.45, 2.75) is 33.0 Å². The van der Waals surface area contributed by atoms with Crippen molar-refractivity contribution < 1.29 is 4.79 Å². The van der Waals surface area contributed by atoms with Gasteiger partial charge in [-0.3, -0.25) is 9.59 Å². The Bertz CT molecular complexity index is 1550. The third-order valence-electron chi connectivity index (χ3n) is 5.89. The molecule has 5 aromatic rings. The van der Waals surface area contributed by atoms with Crippen LogP contribution in [0.4, 0.5) is 0 Å². The molecule has 0 fully saturated rings. The van der Waals surface area contributed by atoms with E-state index >= 15 is 0 Å². The van der Waals surface area contributed by atoms with Gasteiger partial charge in [0.15, 0.2) is 5.69 Å². The molecule has 0 saturated carbocycles. The Morgan fingerprint density at radius 2 is 1.59 bits per heavy atom. The summed E-state index contributed by atoms with van der Waals surface area (Å²) in [4.78, 5) is 30.2. The number of rotatable bonds is 6. The number of benzene rings is 3. The first-order chi connectivity index (χ1) is 16.5. The van der Waals surface area contributed by atoms with Crippen LogP contribution in [0.25, 0.3) is 21.8 Å². The number of amides is 1. The summed E-state index contributed by atoms with van der Waals surface area (Å²) < 4.78 is 3.48. The van der Waals surface area contributed by atoms with E-state index in [-0.39, 0.29) is 23.2 Å². The van der Waals surface area contributed by atoms with Crippen LogP contribution in [0.15, 0.2) is 83.9 Å². The summed E-state index contributed by atoms with van der Waals surface area (Å²) >= 11 is 0. The van der Waals surface area contributed by atoms with Gasteiger partial charge in [-0.2, -0.15) is 5.10 Å². The summed E-state index contributed by atoms with van der Waals surface area (Å²) in [6.45, 7) is 4.84. The van der Waals surface area contributed by atoms with E-state index in [0.717, 1.165) is 28.7 Å². The van der Waals surface area contributed by atoms with Crippen LogP contribution in [-0.4, -0.2) is 25.2 Å². The monoisotopic (exact) mass is 451 g/mol. The molecule has 0 spiro atoms. The summed E-state index contributed by atoms with van der Waals surface area (Å²) in [6, 6.07) is 23.1. The van der Waals surface area contributed by atoms with Crippen molar-refractivity contribution in [1.82, 2.24) is 24.6 Å². The predicted octanol–water partition coefficient (Wildman–Crippen LogP) is 4.31. The molecule has 1 N–H and O–H groups in total. The maximum atomic E-state index is 13.0. The van der Waals surface area contributed by atoms with Crippen LogP contribution in [-0.2, 0) is 13.1 Å². The molecule has 34 heavy (non-hydrogen) atoms. The van der Waals surface area contributed by atoms with Gasteiger partial charge in [0.1, 0.15) is 0 Å². The van der Waals surface area contributed by atoms with Crippen molar-refractivity contribution in [2.75, 3.05) is 0 Å². The van der Waals surface area contributed by atoms with Crippen molar-refractivity contribution in [3.8, 4) is 0 Å². The first kappa shape index (κ1) is 21.6. The van der Waals surface area contributed by atoms with E-state index in [4.69, 9.17) is 0 Å². The number of hydrogen-bond acceptors (Lipinski definition) is 4. The van der Waals surface area contributed by atoms with Gasteiger partial charge in [-0.15, -0.1) is 0 Å². The fraction of sp³-hybridized carbons (Fsp3) is 0.185. The lowest BCUT2D eigenvalue weighted by atomic mass is 10.1. The zero-order chi connectivity index (χ0) is 23.7. The highest BCUT2D eigenvalue weighted by Crippen LogP contribution is 2.16. The lowest BCUT2D eigenvalue weighted by molar-refractivity contribution is 0.0945. The maximum absolute atomic E-state index is 13.0. The standard InChI is InChI=1S/C27H25N5O2/c1-18(2)32-27(34)22-8-4-3-7-21(22)25(30-32)26(33)28-15-19-11-13-20(14-12-19)16-31-17-29-23-9-5-6-10-24(23)31/h3-14,17-18H,15-16H2,1-2H3,(H,28,33). The normalized spacial score (nSPS) is 11.4. The minimum atomic E-state index is -0.306. The van der Waals surface area contributed by atoms with Gasteiger partial charge < -0.3 is 9.88 Å². The van der Waals surface area contributed by atoms with Crippen LogP contribution < -0.4 is 10.9 Å². The van der Waals surface area contributed by atoms with E-state index in [1.807, 2.05) is 56.6 Å². The summed E-state index contributed by atoms with van der Waals surface area (Å²) in [6.07, 6.45) is 1.85. The number of nitrogens with one attached hydrogen (secondary N) is 1. The highest BCUT2D eigenvalue weighted by Gasteiger charge is 2.17. The molecule has 5 rings (SSSR count). The Morgan fingerprint density at radius 3 is 2.35 bits per heavy atom. The number of carbonyl (C=O) groups is 1. The van der Waals surface area contributed by atoms with E-state index in [9.17, 15) is 9.59 Å². The fourth-order valence-electron chi connectivity index (χ4n) is 4.09. The molecule has 3 aromatic carbocycles. The van der Waals surface area contributed by atoms with Crippen LogP contribution in [0, 0.1) is 0 Å². The van der Waals surface area contributed by atoms with E-state index in [1.54, 1.807) is 18.2 Å². The second-order valence-corrected chi connectivity index (χ2v) is 8.60. The minimum Gasteiger partial charge on any atom is -0.347 e. The number of para-hydroxylation sites is 2. The highest BCUT2D eigenvalue weighted by atomic mass is 16.2. The zero-order valence-corrected chi connectivity index (χ0v) is 19.1. The predicted molar refractivity (Wildman–Crippen MR) is 133 cm³/mol. The molecule has 0 bridgehead atoms. The van der Waals surface area contributed by atoms with Crippen molar-refractivity contribution in [3.05, 3.63) is 106 Å². The molecular weight excluding hydrogens is 426 g/mol. The number of aromatic nitrogens is 4. The molecule has 1 amide bonds. The van der Waals surface area contributed by atoms with Crippen molar-refractivity contribution in [2.24, 2.45) is 0 Å². The summed E-state index contributed by atoms with van der Waals surface area (Å²) in [5, 5.41) is 8.38. The van der Waals surface area contributed by atoms with Crippen LogP contribution in [0.1, 0.15) is 41.5 Å². The van der Waals surface area contributed by atoms with Crippen LogP contribution >= 0.6 is 0 Å². The SMILES string of the molecule is CC(C)n1nc(C(=O)NCc2ccc(Cn3cnc4ccccc43)cc2)c2ccccc2c1=O. The van der Waals surface area contributed by atoms with Gasteiger partial charge in [0, 0.05) is 18.5 Å². The Balaban J connectivity index is 1.32. The van der Waals surface area contributed by atoms with E-state index in [1.165, 1.54) is 4.68 Å². The van der Waals surface area contributed by atoms with Gasteiger partial charge in [-0.05, 0) is 43.2 Å². The molecule has 0 aliphatic rings. The second-order valence-electron chi connectivity index (χ2n) is 8.60. The molecule has 7 nitrogen and oxygen atoms in total. The summed E-state index contributed by atoms with van der Waals surface area (Å²) in [5.74, 6) is -0.306. The highest BCUT2D eigenvalue weighted by molar-refractivity contribution is 6.04. The van der Waals surface area contributed by atoms with E-state index < -0.39 is 0 Å². The zero-order valence-electron chi connectivity index (χ0n) is 19.1. The van der Waals surface area contributed by atoms with Crippen molar-refractivity contribution in [1.29, 1.82) is 0 Å². The Labute approximate surface area is 196 Å². The average molecular weight is 452 g/mol. The van der Waals surface area contributed by atoms with Gasteiger partial charge in [-0.25, -0.2) is 9.67 Å². The first-order valence-electron chi connectivity index (χ1n) is 11.3. The molecule has 170 valence electrons. The third kappa shape index (κ3) is 4.08. The molecule has 0 unspecified atom stereocenters. The Morgan fingerprint density at radius 1 is 0.912 bits per heavy atom. The van der Waals surface area contributed by atoms with Gasteiger partial charge >= 0.3 is 0 Å². The molecular formula is C27H25N5O2. The van der Waals surface area contributed by atoms with Gasteiger partial charge in [0.2, 0.25) is 0 Å². The number of carbonyl (C=O) groups excluding carboxylic acids is 1. The van der Waals surface area contributed by atoms with Crippen LogP contribution in [0.5, 0.6) is 0 Å². The van der Waals surface area contributed by atoms with E-state index in [2.05, 4.69) is 38.2 Å². The second kappa shape index (κ2) is 8.94. The van der Waals surface area contributed by atoms with Crippen LogP contribution in [0.3, 0.4) is 0 Å². The summed E-state index contributed by atoms with van der Waals surface area (Å²) in [5.41, 5.74) is 4.27. The molecule has 0 aliphatic carbocycles. The molecule has 0 radical (unpaired) electrons. The average Bonchev–Trinajstić information content (AvgIpc) is 3.26. The maximum Gasteiger partial charge on any atom is 0.274 e. The molecule has 0 atom stereocenters. The fourth-order valence-corrected chi connectivity index (χ4v) is 4.09. The molecule has 2 aromatic heterocycles. The molecule has 7 heteroatoms.